The van der Waals surface area contributed by atoms with E-state index in [-0.39, 0.29) is 18.8 Å². The molecule has 1 aliphatic rings. The first-order chi connectivity index (χ1) is 14.3. The maximum atomic E-state index is 12.9. The van der Waals surface area contributed by atoms with Gasteiger partial charge in [-0.1, -0.05) is 28.8 Å². The van der Waals surface area contributed by atoms with Gasteiger partial charge in [0.25, 0.3) is 0 Å². The van der Waals surface area contributed by atoms with Crippen LogP contribution in [-0.2, 0) is 14.8 Å². The van der Waals surface area contributed by atoms with Crippen molar-refractivity contribution in [2.24, 2.45) is 0 Å². The number of hydrogen-bond donors (Lipinski definition) is 1. The summed E-state index contributed by atoms with van der Waals surface area (Å²) in [5.41, 5.74) is 0. The highest BCUT2D eigenvalue weighted by Gasteiger charge is 2.31. The lowest BCUT2D eigenvalue weighted by molar-refractivity contribution is 0.0156. The second-order valence-corrected chi connectivity index (χ2v) is 11.1. The van der Waals surface area contributed by atoms with Crippen LogP contribution in [0.2, 0.25) is 0 Å². The average molecular weight is 506 g/mol. The SMILES string of the molecule is CN(CCO)CCCCCCOC1CCC(N(C)S(=O)(=O)c2ccc(Br)cc2)CC1. The Morgan fingerprint density at radius 3 is 2.27 bits per heavy atom. The van der Waals surface area contributed by atoms with Gasteiger partial charge in [0, 0.05) is 30.7 Å². The molecule has 1 aromatic carbocycles. The predicted molar refractivity (Wildman–Crippen MR) is 124 cm³/mol. The van der Waals surface area contributed by atoms with E-state index in [4.69, 9.17) is 9.84 Å². The van der Waals surface area contributed by atoms with Crippen LogP contribution in [0.25, 0.3) is 0 Å². The highest BCUT2D eigenvalue weighted by Crippen LogP contribution is 2.28. The summed E-state index contributed by atoms with van der Waals surface area (Å²) in [5, 5.41) is 8.89. The minimum Gasteiger partial charge on any atom is -0.395 e. The van der Waals surface area contributed by atoms with Crippen LogP contribution in [0.1, 0.15) is 51.4 Å². The number of sulfonamides is 1. The summed E-state index contributed by atoms with van der Waals surface area (Å²) in [7, 11) is 0.276. The van der Waals surface area contributed by atoms with E-state index in [0.29, 0.717) is 4.90 Å². The van der Waals surface area contributed by atoms with Crippen LogP contribution >= 0.6 is 15.9 Å². The van der Waals surface area contributed by atoms with Gasteiger partial charge in [0.2, 0.25) is 10.0 Å². The molecule has 0 bridgehead atoms. The van der Waals surface area contributed by atoms with Crippen LogP contribution in [-0.4, -0.2) is 75.3 Å². The van der Waals surface area contributed by atoms with Gasteiger partial charge < -0.3 is 14.7 Å². The monoisotopic (exact) mass is 504 g/mol. The molecule has 30 heavy (non-hydrogen) atoms. The molecule has 0 aliphatic heterocycles. The van der Waals surface area contributed by atoms with Gasteiger partial charge in [-0.3, -0.25) is 0 Å². The Balaban J connectivity index is 1.63. The number of rotatable bonds is 13. The second kappa shape index (κ2) is 13.1. The van der Waals surface area contributed by atoms with Gasteiger partial charge in [-0.05, 0) is 76.4 Å². The molecule has 0 spiro atoms. The average Bonchev–Trinajstić information content (AvgIpc) is 2.73. The Labute approximate surface area is 190 Å². The third-order valence-electron chi connectivity index (χ3n) is 5.92. The molecule has 1 fully saturated rings. The molecule has 172 valence electrons. The fourth-order valence-electron chi connectivity index (χ4n) is 3.91. The lowest BCUT2D eigenvalue weighted by Gasteiger charge is -2.34. The first-order valence-electron chi connectivity index (χ1n) is 11.0. The predicted octanol–water partition coefficient (Wildman–Crippen LogP) is 3.88. The number of likely N-dealkylation sites (N-methyl/N-ethyl adjacent to an activating group) is 1. The van der Waals surface area contributed by atoms with Gasteiger partial charge >= 0.3 is 0 Å². The van der Waals surface area contributed by atoms with E-state index in [0.717, 1.165) is 69.1 Å². The number of hydrogen-bond acceptors (Lipinski definition) is 5. The van der Waals surface area contributed by atoms with Crippen LogP contribution in [0.4, 0.5) is 0 Å². The van der Waals surface area contributed by atoms with Crippen molar-refractivity contribution in [2.45, 2.75) is 68.4 Å². The molecule has 0 aromatic heterocycles. The number of aliphatic hydroxyl groups excluding tert-OH is 1. The van der Waals surface area contributed by atoms with E-state index < -0.39 is 10.0 Å². The standard InChI is InChI=1S/C22H37BrN2O4S/c1-24(16-17-26)15-5-3-4-6-18-29-21-11-9-20(10-12-21)25(2)30(27,28)22-13-7-19(23)8-14-22/h7-8,13-14,20-21,26H,3-6,9-12,15-18H2,1-2H3. The van der Waals surface area contributed by atoms with Gasteiger partial charge in [0.05, 0.1) is 17.6 Å². The largest absolute Gasteiger partial charge is 0.395 e. The number of halogens is 1. The number of aliphatic hydroxyl groups is 1. The van der Waals surface area contributed by atoms with E-state index in [1.165, 1.54) is 6.42 Å². The van der Waals surface area contributed by atoms with Gasteiger partial charge in [0.15, 0.2) is 0 Å². The number of unbranched alkanes of at least 4 members (excludes halogenated alkanes) is 3. The molecule has 1 aliphatic carbocycles. The van der Waals surface area contributed by atoms with Crippen molar-refractivity contribution in [2.75, 3.05) is 40.4 Å². The molecule has 2 rings (SSSR count). The maximum Gasteiger partial charge on any atom is 0.243 e. The number of ether oxygens (including phenoxy) is 1. The fraction of sp³-hybridized carbons (Fsp3) is 0.727. The Bertz CT molecular complexity index is 706. The minimum absolute atomic E-state index is 0.0365. The van der Waals surface area contributed by atoms with Crippen molar-refractivity contribution < 1.29 is 18.3 Å². The van der Waals surface area contributed by atoms with Crippen molar-refractivity contribution >= 4 is 26.0 Å². The normalized spacial score (nSPS) is 20.2. The molecule has 0 saturated heterocycles. The van der Waals surface area contributed by atoms with E-state index >= 15 is 0 Å². The van der Waals surface area contributed by atoms with E-state index in [2.05, 4.69) is 20.8 Å². The van der Waals surface area contributed by atoms with Crippen molar-refractivity contribution in [1.29, 1.82) is 0 Å². The second-order valence-electron chi connectivity index (χ2n) is 8.22. The summed E-state index contributed by atoms with van der Waals surface area (Å²) in [5.74, 6) is 0. The van der Waals surface area contributed by atoms with E-state index in [1.54, 1.807) is 35.6 Å². The van der Waals surface area contributed by atoms with E-state index in [9.17, 15) is 8.42 Å². The van der Waals surface area contributed by atoms with Crippen molar-refractivity contribution in [1.82, 2.24) is 9.21 Å². The van der Waals surface area contributed by atoms with Gasteiger partial charge in [-0.25, -0.2) is 8.42 Å². The molecule has 1 saturated carbocycles. The summed E-state index contributed by atoms with van der Waals surface area (Å²) < 4.78 is 34.2. The van der Waals surface area contributed by atoms with Crippen LogP contribution in [0, 0.1) is 0 Å². The Kier molecular flexibility index (Phi) is 11.3. The molecular formula is C22H37BrN2O4S. The molecule has 0 unspecified atom stereocenters. The summed E-state index contributed by atoms with van der Waals surface area (Å²) >= 11 is 3.35. The van der Waals surface area contributed by atoms with E-state index in [1.807, 2.05) is 7.05 Å². The minimum atomic E-state index is -3.46. The zero-order valence-electron chi connectivity index (χ0n) is 18.3. The third-order valence-corrected chi connectivity index (χ3v) is 8.37. The smallest absolute Gasteiger partial charge is 0.243 e. The summed E-state index contributed by atoms with van der Waals surface area (Å²) in [6.07, 6.45) is 8.33. The highest BCUT2D eigenvalue weighted by atomic mass is 79.9. The number of benzene rings is 1. The first-order valence-corrected chi connectivity index (χ1v) is 13.2. The molecule has 8 heteroatoms. The van der Waals surface area contributed by atoms with Gasteiger partial charge in [0.1, 0.15) is 0 Å². The number of nitrogens with zero attached hydrogens (tertiary/aromatic N) is 2. The van der Waals surface area contributed by atoms with Gasteiger partial charge in [-0.2, -0.15) is 4.31 Å². The molecule has 0 heterocycles. The van der Waals surface area contributed by atoms with Crippen LogP contribution in [0.15, 0.2) is 33.6 Å². The Hall–Kier alpha value is -0.510. The lowest BCUT2D eigenvalue weighted by atomic mass is 9.93. The van der Waals surface area contributed by atoms with Crippen LogP contribution in [0.3, 0.4) is 0 Å². The van der Waals surface area contributed by atoms with Crippen LogP contribution in [0.5, 0.6) is 0 Å². The zero-order valence-corrected chi connectivity index (χ0v) is 20.7. The molecule has 6 nitrogen and oxygen atoms in total. The molecular weight excluding hydrogens is 468 g/mol. The van der Waals surface area contributed by atoms with Gasteiger partial charge in [-0.15, -0.1) is 0 Å². The Morgan fingerprint density at radius 1 is 1.00 bits per heavy atom. The maximum absolute atomic E-state index is 12.9. The summed E-state index contributed by atoms with van der Waals surface area (Å²) in [6.45, 7) is 2.78. The van der Waals surface area contributed by atoms with Crippen LogP contribution < -0.4 is 0 Å². The highest BCUT2D eigenvalue weighted by molar-refractivity contribution is 9.10. The zero-order chi connectivity index (χ0) is 22.0. The molecule has 1 N–H and O–H groups in total. The molecule has 0 amide bonds. The molecule has 1 aromatic rings. The quantitative estimate of drug-likeness (QED) is 0.412. The topological polar surface area (TPSA) is 70.1 Å². The Morgan fingerprint density at radius 2 is 1.63 bits per heavy atom. The van der Waals surface area contributed by atoms with Crippen molar-refractivity contribution in [3.8, 4) is 0 Å². The fourth-order valence-corrected chi connectivity index (χ4v) is 5.59. The van der Waals surface area contributed by atoms with Crippen molar-refractivity contribution in [3.05, 3.63) is 28.7 Å². The third kappa shape index (κ3) is 8.20. The molecule has 0 radical (unpaired) electrons. The summed E-state index contributed by atoms with van der Waals surface area (Å²) in [6, 6.07) is 6.86. The summed E-state index contributed by atoms with van der Waals surface area (Å²) in [4.78, 5) is 2.50. The lowest BCUT2D eigenvalue weighted by Crippen LogP contribution is -2.40. The van der Waals surface area contributed by atoms with Crippen molar-refractivity contribution in [3.63, 3.8) is 0 Å². The molecule has 0 atom stereocenters. The first kappa shape index (κ1) is 25.7.